The van der Waals surface area contributed by atoms with Crippen LogP contribution >= 0.6 is 0 Å². The molecule has 3 rings (SSSR count). The normalized spacial score (nSPS) is 21.4. The average molecular weight is 355 g/mol. The minimum Gasteiger partial charge on any atom is -0.391 e. The maximum absolute atomic E-state index is 13.0. The third-order valence-electron chi connectivity index (χ3n) is 3.84. The first-order valence-corrected chi connectivity index (χ1v) is 9.23. The Morgan fingerprint density at radius 1 is 1.21 bits per heavy atom. The van der Waals surface area contributed by atoms with Crippen molar-refractivity contribution in [1.82, 2.24) is 13.9 Å². The molecule has 1 fully saturated rings. The van der Waals surface area contributed by atoms with E-state index in [1.807, 2.05) is 13.8 Å². The number of halogens is 1. The van der Waals surface area contributed by atoms with Gasteiger partial charge in [-0.25, -0.2) is 17.8 Å². The standard InChI is InChI=1S/C14H16FN3O3S.C2H6/c1-17-8-14(16-9-17)22(20,21)18-6-12(13(19)7-18)10-2-4-11(15)5-3-10;1-2/h2-5,8-9,12-13,19H,6-7H2,1H3;1-2H3/t12-,13+;/m0./s1. The molecule has 1 aromatic heterocycles. The van der Waals surface area contributed by atoms with Crippen molar-refractivity contribution in [3.8, 4) is 0 Å². The number of β-amino-alcohol motifs (C(OH)–C–C–N with tert-alkyl or cyclic N) is 1. The highest BCUT2D eigenvalue weighted by molar-refractivity contribution is 7.89. The molecule has 1 aliphatic rings. The Bertz CT molecular complexity index is 774. The van der Waals surface area contributed by atoms with Crippen molar-refractivity contribution >= 4 is 10.0 Å². The molecule has 6 nitrogen and oxygen atoms in total. The molecule has 0 radical (unpaired) electrons. The summed E-state index contributed by atoms with van der Waals surface area (Å²) in [6.45, 7) is 4.15. The van der Waals surface area contributed by atoms with E-state index in [0.29, 0.717) is 5.56 Å². The Morgan fingerprint density at radius 2 is 1.83 bits per heavy atom. The maximum atomic E-state index is 13.0. The quantitative estimate of drug-likeness (QED) is 0.910. The lowest BCUT2D eigenvalue weighted by atomic mass is 9.96. The molecule has 0 bridgehead atoms. The molecule has 1 saturated heterocycles. The topological polar surface area (TPSA) is 75.4 Å². The van der Waals surface area contributed by atoms with Crippen LogP contribution in [0, 0.1) is 5.82 Å². The highest BCUT2D eigenvalue weighted by Crippen LogP contribution is 2.31. The first kappa shape index (κ1) is 18.6. The van der Waals surface area contributed by atoms with Crippen LogP contribution in [0.2, 0.25) is 0 Å². The number of nitrogens with zero attached hydrogens (tertiary/aromatic N) is 3. The van der Waals surface area contributed by atoms with Gasteiger partial charge in [0, 0.05) is 32.3 Å². The molecule has 0 spiro atoms. The van der Waals surface area contributed by atoms with Gasteiger partial charge in [-0.15, -0.1) is 0 Å². The van der Waals surface area contributed by atoms with Gasteiger partial charge in [0.1, 0.15) is 5.82 Å². The summed E-state index contributed by atoms with van der Waals surface area (Å²) in [7, 11) is -2.05. The van der Waals surface area contributed by atoms with E-state index in [1.165, 1.54) is 29.0 Å². The van der Waals surface area contributed by atoms with Crippen LogP contribution in [0.15, 0.2) is 41.8 Å². The smallest absolute Gasteiger partial charge is 0.262 e. The van der Waals surface area contributed by atoms with Gasteiger partial charge in [-0.1, -0.05) is 26.0 Å². The molecule has 0 saturated carbocycles. The Hall–Kier alpha value is -1.77. The van der Waals surface area contributed by atoms with Gasteiger partial charge < -0.3 is 9.67 Å². The number of imidazole rings is 1. The second-order valence-electron chi connectivity index (χ2n) is 5.42. The summed E-state index contributed by atoms with van der Waals surface area (Å²) in [5, 5.41) is 10.1. The minimum atomic E-state index is -3.73. The number of hydrogen-bond donors (Lipinski definition) is 1. The van der Waals surface area contributed by atoms with Crippen LogP contribution in [-0.2, 0) is 17.1 Å². The lowest BCUT2D eigenvalue weighted by Gasteiger charge is -2.15. The number of hydrogen-bond acceptors (Lipinski definition) is 4. The summed E-state index contributed by atoms with van der Waals surface area (Å²) >= 11 is 0. The summed E-state index contributed by atoms with van der Waals surface area (Å²) in [6, 6.07) is 5.75. The summed E-state index contributed by atoms with van der Waals surface area (Å²) in [4.78, 5) is 3.87. The molecule has 2 heterocycles. The molecule has 1 aliphatic heterocycles. The van der Waals surface area contributed by atoms with Crippen molar-refractivity contribution in [1.29, 1.82) is 0 Å². The van der Waals surface area contributed by atoms with Gasteiger partial charge >= 0.3 is 0 Å². The number of aromatic nitrogens is 2. The van der Waals surface area contributed by atoms with Crippen molar-refractivity contribution in [3.05, 3.63) is 48.2 Å². The molecule has 24 heavy (non-hydrogen) atoms. The van der Waals surface area contributed by atoms with E-state index in [1.54, 1.807) is 23.7 Å². The lowest BCUT2D eigenvalue weighted by molar-refractivity contribution is 0.173. The summed E-state index contributed by atoms with van der Waals surface area (Å²) in [5.74, 6) is -0.742. The molecule has 1 N–H and O–H groups in total. The molecule has 0 unspecified atom stereocenters. The Morgan fingerprint density at radius 3 is 2.38 bits per heavy atom. The second kappa shape index (κ2) is 7.42. The van der Waals surface area contributed by atoms with Gasteiger partial charge in [0.2, 0.25) is 0 Å². The minimum absolute atomic E-state index is 0.000943. The molecular weight excluding hydrogens is 333 g/mol. The molecule has 2 atom stereocenters. The van der Waals surface area contributed by atoms with Gasteiger partial charge in [0.25, 0.3) is 10.0 Å². The van der Waals surface area contributed by atoms with E-state index in [4.69, 9.17) is 0 Å². The lowest BCUT2D eigenvalue weighted by Crippen LogP contribution is -2.30. The first-order valence-electron chi connectivity index (χ1n) is 7.79. The van der Waals surface area contributed by atoms with E-state index in [0.717, 1.165) is 0 Å². The number of aliphatic hydroxyl groups excluding tert-OH is 1. The van der Waals surface area contributed by atoms with Gasteiger partial charge in [-0.2, -0.15) is 4.31 Å². The molecule has 8 heteroatoms. The highest BCUT2D eigenvalue weighted by atomic mass is 32.2. The van der Waals surface area contributed by atoms with Crippen LogP contribution < -0.4 is 0 Å². The third kappa shape index (κ3) is 3.66. The van der Waals surface area contributed by atoms with Gasteiger partial charge in [0.05, 0.1) is 12.4 Å². The fraction of sp³-hybridized carbons (Fsp3) is 0.438. The Kier molecular flexibility index (Phi) is 5.74. The van der Waals surface area contributed by atoms with E-state index < -0.39 is 16.1 Å². The van der Waals surface area contributed by atoms with Crippen LogP contribution in [0.5, 0.6) is 0 Å². The van der Waals surface area contributed by atoms with E-state index >= 15 is 0 Å². The summed E-state index contributed by atoms with van der Waals surface area (Å²) in [6.07, 6.45) is 2.01. The molecule has 0 aliphatic carbocycles. The Balaban J connectivity index is 0.00000100. The summed E-state index contributed by atoms with van der Waals surface area (Å²) in [5.41, 5.74) is 0.715. The number of benzene rings is 1. The van der Waals surface area contributed by atoms with Crippen molar-refractivity contribution in [2.75, 3.05) is 13.1 Å². The van der Waals surface area contributed by atoms with Crippen molar-refractivity contribution < 1.29 is 17.9 Å². The zero-order chi connectivity index (χ0) is 17.9. The van der Waals surface area contributed by atoms with Crippen LogP contribution in [-0.4, -0.2) is 46.6 Å². The molecule has 132 valence electrons. The third-order valence-corrected chi connectivity index (χ3v) is 5.56. The van der Waals surface area contributed by atoms with Crippen LogP contribution in [0.1, 0.15) is 25.3 Å². The van der Waals surface area contributed by atoms with Gasteiger partial charge in [-0.05, 0) is 17.7 Å². The first-order chi connectivity index (χ1) is 11.4. The second-order valence-corrected chi connectivity index (χ2v) is 7.31. The summed E-state index contributed by atoms with van der Waals surface area (Å²) < 4.78 is 40.8. The predicted molar refractivity (Wildman–Crippen MR) is 88.5 cm³/mol. The monoisotopic (exact) mass is 355 g/mol. The van der Waals surface area contributed by atoms with Crippen LogP contribution in [0.3, 0.4) is 0 Å². The largest absolute Gasteiger partial charge is 0.391 e. The van der Waals surface area contributed by atoms with E-state index in [-0.39, 0.29) is 29.9 Å². The Labute approximate surface area is 141 Å². The zero-order valence-corrected chi connectivity index (χ0v) is 14.7. The zero-order valence-electron chi connectivity index (χ0n) is 13.9. The van der Waals surface area contributed by atoms with Crippen molar-refractivity contribution in [2.24, 2.45) is 7.05 Å². The van der Waals surface area contributed by atoms with Crippen LogP contribution in [0.4, 0.5) is 4.39 Å². The fourth-order valence-corrected chi connectivity index (χ4v) is 4.09. The van der Waals surface area contributed by atoms with Gasteiger partial charge in [0.15, 0.2) is 5.03 Å². The van der Waals surface area contributed by atoms with E-state index in [2.05, 4.69) is 4.98 Å². The fourth-order valence-electron chi connectivity index (χ4n) is 2.64. The number of aryl methyl sites for hydroxylation is 1. The number of sulfonamides is 1. The average Bonchev–Trinajstić information content (AvgIpc) is 3.17. The molecular formula is C16H22FN3O3S. The van der Waals surface area contributed by atoms with E-state index in [9.17, 15) is 17.9 Å². The molecule has 0 amide bonds. The molecule has 2 aromatic rings. The van der Waals surface area contributed by atoms with Gasteiger partial charge in [-0.3, -0.25) is 0 Å². The maximum Gasteiger partial charge on any atom is 0.262 e. The highest BCUT2D eigenvalue weighted by Gasteiger charge is 2.40. The van der Waals surface area contributed by atoms with Crippen LogP contribution in [0.25, 0.3) is 0 Å². The predicted octanol–water partition coefficient (Wildman–Crippen LogP) is 1.73. The number of rotatable bonds is 3. The SMILES string of the molecule is CC.Cn1cnc(S(=O)(=O)N2C[C@@H](O)[C@H](c3ccc(F)cc3)C2)c1. The number of aliphatic hydroxyl groups is 1. The van der Waals surface area contributed by atoms with Crippen molar-refractivity contribution in [2.45, 2.75) is 30.9 Å². The van der Waals surface area contributed by atoms with Crippen molar-refractivity contribution in [3.63, 3.8) is 0 Å². The molecule has 1 aromatic carbocycles.